The summed E-state index contributed by atoms with van der Waals surface area (Å²) in [6.45, 7) is 4.52. The number of likely N-dealkylation sites (tertiary alicyclic amines) is 1. The van der Waals surface area contributed by atoms with E-state index in [2.05, 4.69) is 75.8 Å². The second kappa shape index (κ2) is 13.6. The Morgan fingerprint density at radius 1 is 1.00 bits per heavy atom. The fourth-order valence-corrected chi connectivity index (χ4v) is 5.08. The molecule has 0 saturated carbocycles. The monoisotopic (exact) mass is 519 g/mol. The van der Waals surface area contributed by atoms with Gasteiger partial charge in [0.25, 0.3) is 5.91 Å². The highest BCUT2D eigenvalue weighted by atomic mass is 35.5. The highest BCUT2D eigenvalue weighted by Gasteiger charge is 2.25. The van der Waals surface area contributed by atoms with Gasteiger partial charge in [0.15, 0.2) is 0 Å². The maximum atomic E-state index is 12.4. The largest absolute Gasteiger partial charge is 0.489 e. The first-order valence-electron chi connectivity index (χ1n) is 13.2. The van der Waals surface area contributed by atoms with E-state index in [1.807, 2.05) is 20.2 Å². The summed E-state index contributed by atoms with van der Waals surface area (Å²) in [7, 11) is 4.05. The molecule has 1 aliphatic rings. The van der Waals surface area contributed by atoms with Gasteiger partial charge in [0, 0.05) is 37.7 Å². The molecule has 0 bridgehead atoms. The molecule has 1 fully saturated rings. The van der Waals surface area contributed by atoms with Crippen LogP contribution in [0.25, 0.3) is 0 Å². The molecule has 0 aromatic heterocycles. The Hall–Kier alpha value is -2.86. The molecule has 1 saturated heterocycles. The van der Waals surface area contributed by atoms with Crippen molar-refractivity contribution in [1.82, 2.24) is 15.1 Å². The number of nitrogens with one attached hydrogen (secondary N) is 1. The van der Waals surface area contributed by atoms with Crippen LogP contribution >= 0.6 is 11.6 Å². The Morgan fingerprint density at radius 3 is 2.19 bits per heavy atom. The van der Waals surface area contributed by atoms with Gasteiger partial charge in [0.1, 0.15) is 11.9 Å². The fourth-order valence-electron chi connectivity index (χ4n) is 4.86. The van der Waals surface area contributed by atoms with E-state index >= 15 is 0 Å². The summed E-state index contributed by atoms with van der Waals surface area (Å²) in [6, 6.07) is 26.9. The van der Waals surface area contributed by atoms with Crippen molar-refractivity contribution in [3.63, 3.8) is 0 Å². The minimum Gasteiger partial charge on any atom is -0.489 e. The molecule has 0 radical (unpaired) electrons. The van der Waals surface area contributed by atoms with Gasteiger partial charge in [-0.25, -0.2) is 0 Å². The molecule has 3 aromatic rings. The van der Waals surface area contributed by atoms with Crippen molar-refractivity contribution in [1.29, 1.82) is 0 Å². The Bertz CT molecular complexity index is 1080. The van der Waals surface area contributed by atoms with Gasteiger partial charge in [-0.15, -0.1) is 0 Å². The van der Waals surface area contributed by atoms with Crippen LogP contribution in [0.3, 0.4) is 0 Å². The van der Waals surface area contributed by atoms with E-state index in [9.17, 15) is 4.79 Å². The lowest BCUT2D eigenvalue weighted by molar-refractivity contribution is 0.0951. The lowest BCUT2D eigenvalue weighted by atomic mass is 9.90. The van der Waals surface area contributed by atoms with E-state index in [1.54, 1.807) is 12.1 Å². The first-order chi connectivity index (χ1) is 18.0. The number of ether oxygens (including phenoxy) is 1. The van der Waals surface area contributed by atoms with E-state index in [1.165, 1.54) is 11.1 Å². The molecule has 196 valence electrons. The Labute approximate surface area is 226 Å². The second-order valence-corrected chi connectivity index (χ2v) is 10.5. The number of carbonyl (C=O) groups is 1. The first-order valence-corrected chi connectivity index (χ1v) is 13.6. The summed E-state index contributed by atoms with van der Waals surface area (Å²) in [5, 5.41) is 3.44. The van der Waals surface area contributed by atoms with Crippen molar-refractivity contribution in [3.05, 3.63) is 101 Å². The lowest BCUT2D eigenvalue weighted by Gasteiger charge is -2.34. The first kappa shape index (κ1) is 27.2. The minimum absolute atomic E-state index is 0.105. The third kappa shape index (κ3) is 8.06. The Morgan fingerprint density at radius 2 is 1.62 bits per heavy atom. The van der Waals surface area contributed by atoms with E-state index < -0.39 is 0 Å². The Balaban J connectivity index is 1.29. The molecular formula is C31H38ClN3O2. The SMILES string of the molecule is CN(C)CCCNC(=O)c1ccc(OC2CCN(CC(c3ccccc3)c3ccccc3)CC2)c(Cl)c1. The van der Waals surface area contributed by atoms with Gasteiger partial charge in [-0.3, -0.25) is 4.79 Å². The predicted octanol–water partition coefficient (Wildman–Crippen LogP) is 5.70. The molecule has 1 heterocycles. The highest BCUT2D eigenvalue weighted by molar-refractivity contribution is 6.32. The summed E-state index contributed by atoms with van der Waals surface area (Å²) in [5.74, 6) is 0.888. The molecule has 1 aliphatic heterocycles. The van der Waals surface area contributed by atoms with Crippen LogP contribution < -0.4 is 10.1 Å². The number of carbonyl (C=O) groups excluding carboxylic acids is 1. The predicted molar refractivity (Wildman–Crippen MR) is 152 cm³/mol. The molecule has 0 unspecified atom stereocenters. The number of benzene rings is 3. The summed E-state index contributed by atoms with van der Waals surface area (Å²) in [5.41, 5.74) is 3.26. The van der Waals surface area contributed by atoms with Gasteiger partial charge in [-0.1, -0.05) is 72.3 Å². The van der Waals surface area contributed by atoms with Crippen molar-refractivity contribution < 1.29 is 9.53 Å². The lowest BCUT2D eigenvalue weighted by Crippen LogP contribution is -2.40. The number of rotatable bonds is 11. The van der Waals surface area contributed by atoms with Gasteiger partial charge in [0.2, 0.25) is 0 Å². The number of halogens is 1. The third-order valence-corrected chi connectivity index (χ3v) is 7.23. The van der Waals surface area contributed by atoms with Crippen molar-refractivity contribution in [2.75, 3.05) is 46.8 Å². The quantitative estimate of drug-likeness (QED) is 0.330. The smallest absolute Gasteiger partial charge is 0.251 e. The number of hydrogen-bond acceptors (Lipinski definition) is 4. The van der Waals surface area contributed by atoms with Gasteiger partial charge in [-0.2, -0.15) is 0 Å². The zero-order valence-corrected chi connectivity index (χ0v) is 22.7. The molecule has 1 N–H and O–H groups in total. The van der Waals surface area contributed by atoms with Crippen LogP contribution in [-0.2, 0) is 0 Å². The van der Waals surface area contributed by atoms with Crippen LogP contribution in [-0.4, -0.2) is 68.6 Å². The maximum absolute atomic E-state index is 12.4. The average molecular weight is 520 g/mol. The second-order valence-electron chi connectivity index (χ2n) is 10.0. The molecule has 6 heteroatoms. The summed E-state index contributed by atoms with van der Waals surface area (Å²) in [6.07, 6.45) is 2.91. The fraction of sp³-hybridized carbons (Fsp3) is 0.387. The average Bonchev–Trinajstić information content (AvgIpc) is 2.92. The summed E-state index contributed by atoms with van der Waals surface area (Å²) in [4.78, 5) is 17.1. The number of piperidine rings is 1. The molecule has 0 atom stereocenters. The van der Waals surface area contributed by atoms with Crippen LogP contribution in [0.1, 0.15) is 46.7 Å². The normalized spacial score (nSPS) is 14.7. The zero-order chi connectivity index (χ0) is 26.0. The van der Waals surface area contributed by atoms with Crippen LogP contribution in [0, 0.1) is 0 Å². The van der Waals surface area contributed by atoms with Gasteiger partial charge >= 0.3 is 0 Å². The van der Waals surface area contributed by atoms with E-state index in [0.29, 0.717) is 28.8 Å². The number of amides is 1. The third-order valence-electron chi connectivity index (χ3n) is 6.93. The van der Waals surface area contributed by atoms with E-state index in [0.717, 1.165) is 45.4 Å². The molecule has 5 nitrogen and oxygen atoms in total. The molecule has 0 aliphatic carbocycles. The number of hydrogen-bond donors (Lipinski definition) is 1. The van der Waals surface area contributed by atoms with Crippen LogP contribution in [0.4, 0.5) is 0 Å². The van der Waals surface area contributed by atoms with Crippen molar-refractivity contribution in [3.8, 4) is 5.75 Å². The van der Waals surface area contributed by atoms with Gasteiger partial charge < -0.3 is 19.9 Å². The summed E-state index contributed by atoms with van der Waals surface area (Å²) < 4.78 is 6.27. The molecule has 0 spiro atoms. The summed E-state index contributed by atoms with van der Waals surface area (Å²) >= 11 is 6.51. The number of nitrogens with zero attached hydrogens (tertiary/aromatic N) is 2. The topological polar surface area (TPSA) is 44.8 Å². The van der Waals surface area contributed by atoms with E-state index in [4.69, 9.17) is 16.3 Å². The standard InChI is InChI=1S/C31H38ClN3O2/c1-34(2)19-9-18-33-31(36)26-14-15-30(29(32)22-26)37-27-16-20-35(21-17-27)23-28(24-10-5-3-6-11-24)25-12-7-4-8-13-25/h3-8,10-15,22,27-28H,9,16-21,23H2,1-2H3,(H,33,36). The molecule has 1 amide bonds. The van der Waals surface area contributed by atoms with Gasteiger partial charge in [-0.05, 0) is 69.2 Å². The maximum Gasteiger partial charge on any atom is 0.251 e. The van der Waals surface area contributed by atoms with Crippen LogP contribution in [0.2, 0.25) is 5.02 Å². The van der Waals surface area contributed by atoms with Crippen LogP contribution in [0.5, 0.6) is 5.75 Å². The Kier molecular flexibility index (Phi) is 10.0. The minimum atomic E-state index is -0.105. The molecular weight excluding hydrogens is 482 g/mol. The molecule has 4 rings (SSSR count). The van der Waals surface area contributed by atoms with Crippen LogP contribution in [0.15, 0.2) is 78.9 Å². The molecule has 37 heavy (non-hydrogen) atoms. The van der Waals surface area contributed by atoms with E-state index in [-0.39, 0.29) is 12.0 Å². The zero-order valence-electron chi connectivity index (χ0n) is 21.9. The van der Waals surface area contributed by atoms with Crippen molar-refractivity contribution >= 4 is 17.5 Å². The van der Waals surface area contributed by atoms with Gasteiger partial charge in [0.05, 0.1) is 5.02 Å². The highest BCUT2D eigenvalue weighted by Crippen LogP contribution is 2.30. The van der Waals surface area contributed by atoms with Crippen molar-refractivity contribution in [2.24, 2.45) is 0 Å². The molecule has 3 aromatic carbocycles. The van der Waals surface area contributed by atoms with Crippen molar-refractivity contribution in [2.45, 2.75) is 31.3 Å².